The lowest BCUT2D eigenvalue weighted by Gasteiger charge is -2.32. The first kappa shape index (κ1) is 12.2. The quantitative estimate of drug-likeness (QED) is 0.560. The Bertz CT molecular complexity index is 378. The van der Waals surface area contributed by atoms with E-state index in [4.69, 9.17) is 14.2 Å². The molecule has 3 rings (SSSR count). The normalized spacial score (nSPS) is 44.3. The molecule has 0 aromatic carbocycles. The second kappa shape index (κ2) is 4.35. The average molecular weight is 252 g/mol. The van der Waals surface area contributed by atoms with Crippen LogP contribution in [0.1, 0.15) is 13.3 Å². The van der Waals surface area contributed by atoms with Gasteiger partial charge in [-0.05, 0) is 31.1 Å². The molecule has 6 atom stereocenters. The third-order valence-corrected chi connectivity index (χ3v) is 4.79. The summed E-state index contributed by atoms with van der Waals surface area (Å²) in [5.41, 5.74) is 0.454. The van der Waals surface area contributed by atoms with Gasteiger partial charge in [0.1, 0.15) is 6.10 Å². The molecule has 0 spiro atoms. The van der Waals surface area contributed by atoms with Crippen molar-refractivity contribution >= 4 is 5.97 Å². The molecule has 18 heavy (non-hydrogen) atoms. The van der Waals surface area contributed by atoms with Crippen LogP contribution in [0, 0.1) is 23.7 Å². The third kappa shape index (κ3) is 1.62. The molecule has 0 aromatic rings. The number of carbonyl (C=O) groups excluding carboxylic acids is 1. The molecule has 2 aliphatic carbocycles. The van der Waals surface area contributed by atoms with Crippen molar-refractivity contribution in [3.8, 4) is 0 Å². The number of hydrogen-bond acceptors (Lipinski definition) is 4. The van der Waals surface area contributed by atoms with Gasteiger partial charge in [-0.3, -0.25) is 0 Å². The predicted molar refractivity (Wildman–Crippen MR) is 64.9 cm³/mol. The second-order valence-corrected chi connectivity index (χ2v) is 5.79. The Morgan fingerprint density at radius 3 is 2.83 bits per heavy atom. The van der Waals surface area contributed by atoms with Gasteiger partial charge in [0.25, 0.3) is 0 Å². The minimum atomic E-state index is -0.296. The van der Waals surface area contributed by atoms with E-state index in [0.29, 0.717) is 29.2 Å². The van der Waals surface area contributed by atoms with Gasteiger partial charge in [-0.25, -0.2) is 4.79 Å². The molecule has 1 heterocycles. The third-order valence-electron chi connectivity index (χ3n) is 4.79. The molecular formula is C14H20O4. The van der Waals surface area contributed by atoms with Gasteiger partial charge in [-0.2, -0.15) is 0 Å². The largest absolute Gasteiger partial charge is 0.456 e. The zero-order valence-electron chi connectivity index (χ0n) is 10.9. The predicted octanol–water partition coefficient (Wildman–Crippen LogP) is 1.40. The number of hydrogen-bond donors (Lipinski definition) is 0. The molecule has 0 N–H and O–H groups in total. The molecule has 1 saturated heterocycles. The van der Waals surface area contributed by atoms with Crippen LogP contribution < -0.4 is 0 Å². The maximum Gasteiger partial charge on any atom is 0.333 e. The monoisotopic (exact) mass is 252 g/mol. The number of carbonyl (C=O) groups is 1. The highest BCUT2D eigenvalue weighted by Gasteiger charge is 2.63. The molecule has 6 unspecified atom stereocenters. The minimum absolute atomic E-state index is 0.0990. The van der Waals surface area contributed by atoms with E-state index in [1.807, 2.05) is 0 Å². The lowest BCUT2D eigenvalue weighted by Crippen LogP contribution is -2.41. The summed E-state index contributed by atoms with van der Waals surface area (Å²) < 4.78 is 16.7. The minimum Gasteiger partial charge on any atom is -0.456 e. The summed E-state index contributed by atoms with van der Waals surface area (Å²) in [4.78, 5) is 11.7. The molecular weight excluding hydrogens is 232 g/mol. The van der Waals surface area contributed by atoms with Crippen LogP contribution in [0.5, 0.6) is 0 Å². The van der Waals surface area contributed by atoms with E-state index >= 15 is 0 Å². The first-order chi connectivity index (χ1) is 8.63. The molecule has 3 aliphatic rings. The molecule has 0 radical (unpaired) electrons. The van der Waals surface area contributed by atoms with Gasteiger partial charge in [0, 0.05) is 25.2 Å². The van der Waals surface area contributed by atoms with Crippen LogP contribution in [-0.2, 0) is 19.0 Å². The van der Waals surface area contributed by atoms with E-state index in [0.717, 1.165) is 19.6 Å². The van der Waals surface area contributed by atoms with Crippen LogP contribution in [0.25, 0.3) is 0 Å². The van der Waals surface area contributed by atoms with E-state index in [9.17, 15) is 4.79 Å². The molecule has 100 valence electrons. The highest BCUT2D eigenvalue weighted by atomic mass is 16.6. The van der Waals surface area contributed by atoms with Gasteiger partial charge >= 0.3 is 5.97 Å². The number of esters is 1. The zero-order chi connectivity index (χ0) is 12.9. The first-order valence-electron chi connectivity index (χ1n) is 6.60. The van der Waals surface area contributed by atoms with Gasteiger partial charge in [0.2, 0.25) is 0 Å². The fourth-order valence-electron chi connectivity index (χ4n) is 4.05. The number of methoxy groups -OCH3 is 1. The molecule has 0 amide bonds. The summed E-state index contributed by atoms with van der Waals surface area (Å²) in [5.74, 6) is 1.73. The molecule has 3 fully saturated rings. The zero-order valence-corrected chi connectivity index (χ0v) is 10.9. The van der Waals surface area contributed by atoms with Crippen LogP contribution in [0.3, 0.4) is 0 Å². The Kier molecular flexibility index (Phi) is 2.94. The highest BCUT2D eigenvalue weighted by molar-refractivity contribution is 5.87. The van der Waals surface area contributed by atoms with Gasteiger partial charge in [0.05, 0.1) is 12.7 Å². The van der Waals surface area contributed by atoms with Crippen LogP contribution in [0.4, 0.5) is 0 Å². The summed E-state index contributed by atoms with van der Waals surface area (Å²) in [6.45, 7) is 6.85. The van der Waals surface area contributed by atoms with Crippen LogP contribution in [0.15, 0.2) is 12.2 Å². The van der Waals surface area contributed by atoms with E-state index < -0.39 is 0 Å². The van der Waals surface area contributed by atoms with Crippen molar-refractivity contribution < 1.29 is 19.0 Å². The van der Waals surface area contributed by atoms with Crippen LogP contribution in [-0.4, -0.2) is 38.5 Å². The van der Waals surface area contributed by atoms with Crippen molar-refractivity contribution in [2.24, 2.45) is 23.7 Å². The fourth-order valence-corrected chi connectivity index (χ4v) is 4.05. The molecule has 2 bridgehead atoms. The maximum absolute atomic E-state index is 11.7. The van der Waals surface area contributed by atoms with Crippen molar-refractivity contribution in [2.75, 3.05) is 20.3 Å². The van der Waals surface area contributed by atoms with Gasteiger partial charge in [0.15, 0.2) is 0 Å². The van der Waals surface area contributed by atoms with Crippen LogP contribution in [0.2, 0.25) is 0 Å². The molecule has 4 nitrogen and oxygen atoms in total. The van der Waals surface area contributed by atoms with Crippen molar-refractivity contribution in [1.29, 1.82) is 0 Å². The maximum atomic E-state index is 11.7. The Balaban J connectivity index is 1.76. The summed E-state index contributed by atoms with van der Waals surface area (Å²) in [7, 11) is 1.73. The summed E-state index contributed by atoms with van der Waals surface area (Å²) in [6.07, 6.45) is 1.12. The summed E-state index contributed by atoms with van der Waals surface area (Å²) in [5, 5.41) is 0. The van der Waals surface area contributed by atoms with Crippen molar-refractivity contribution in [1.82, 2.24) is 0 Å². The lowest BCUT2D eigenvalue weighted by molar-refractivity contribution is -0.154. The standard InChI is InChI=1S/C14H20O4/c1-7(2)14(15)18-13-9-4-8-11(6-17-12(8)13)10(9)5-16-3/h8-13H,1,4-6H2,2-3H3. The molecule has 4 heteroatoms. The van der Waals surface area contributed by atoms with Gasteiger partial charge in [-0.15, -0.1) is 0 Å². The smallest absolute Gasteiger partial charge is 0.333 e. The van der Waals surface area contributed by atoms with Crippen LogP contribution >= 0.6 is 0 Å². The Morgan fingerprint density at radius 1 is 1.39 bits per heavy atom. The topological polar surface area (TPSA) is 44.8 Å². The van der Waals surface area contributed by atoms with Gasteiger partial charge < -0.3 is 14.2 Å². The molecule has 1 aliphatic heterocycles. The Morgan fingerprint density at radius 2 is 2.17 bits per heavy atom. The van der Waals surface area contributed by atoms with E-state index in [1.54, 1.807) is 14.0 Å². The summed E-state index contributed by atoms with van der Waals surface area (Å²) >= 11 is 0. The Hall–Kier alpha value is -0.870. The van der Waals surface area contributed by atoms with Crippen molar-refractivity contribution in [3.05, 3.63) is 12.2 Å². The van der Waals surface area contributed by atoms with E-state index in [2.05, 4.69) is 6.58 Å². The van der Waals surface area contributed by atoms with Crippen molar-refractivity contribution in [2.45, 2.75) is 25.6 Å². The highest BCUT2D eigenvalue weighted by Crippen LogP contribution is 2.58. The van der Waals surface area contributed by atoms with E-state index in [-0.39, 0.29) is 18.2 Å². The lowest BCUT2D eigenvalue weighted by atomic mass is 9.79. The average Bonchev–Trinajstić information content (AvgIpc) is 2.92. The Labute approximate surface area is 107 Å². The summed E-state index contributed by atoms with van der Waals surface area (Å²) in [6, 6.07) is 0. The molecule has 0 aromatic heterocycles. The molecule has 2 saturated carbocycles. The van der Waals surface area contributed by atoms with Gasteiger partial charge in [-0.1, -0.05) is 6.58 Å². The fraction of sp³-hybridized carbons (Fsp3) is 0.786. The number of rotatable bonds is 4. The van der Waals surface area contributed by atoms with Crippen molar-refractivity contribution in [3.63, 3.8) is 0 Å². The SMILES string of the molecule is C=C(C)C(=O)OC1C2CC3C(COC31)C2COC. The van der Waals surface area contributed by atoms with E-state index in [1.165, 1.54) is 0 Å². The second-order valence-electron chi connectivity index (χ2n) is 5.79. The number of fused-ring (bicyclic) bond motifs is 1. The number of ether oxygens (including phenoxy) is 3. The first-order valence-corrected chi connectivity index (χ1v) is 6.60.